The number of unbranched alkanes of at least 4 members (excludes halogenated alkanes) is 1. The summed E-state index contributed by atoms with van der Waals surface area (Å²) in [6.45, 7) is 10.5. The molecule has 0 aliphatic carbocycles. The van der Waals surface area contributed by atoms with Crippen LogP contribution in [0.5, 0.6) is 0 Å². The quantitative estimate of drug-likeness (QED) is 0.164. The first-order chi connectivity index (χ1) is 12.3. The molecule has 0 heterocycles. The second-order valence-corrected chi connectivity index (χ2v) is 7.63. The number of hydrogen-bond donors (Lipinski definition) is 1. The van der Waals surface area contributed by atoms with Gasteiger partial charge < -0.3 is 14.2 Å². The second-order valence-electron chi connectivity index (χ2n) is 6.23. The van der Waals surface area contributed by atoms with Crippen LogP contribution < -0.4 is 0 Å². The van der Waals surface area contributed by atoms with Crippen molar-refractivity contribution in [2.75, 3.05) is 19.2 Å². The molecule has 0 rings (SSSR count). The Morgan fingerprint density at radius 2 is 1.39 bits per heavy atom. The molecule has 11 heteroatoms. The molecule has 0 unspecified atom stereocenters. The van der Waals surface area contributed by atoms with Crippen LogP contribution in [-0.2, 0) is 38.7 Å². The zero-order valence-electron chi connectivity index (χ0n) is 15.8. The van der Waals surface area contributed by atoms with Crippen LogP contribution in [0.2, 0.25) is 0 Å². The second kappa shape index (κ2) is 12.8. The van der Waals surface area contributed by atoms with Crippen LogP contribution in [0.1, 0.15) is 40.0 Å². The van der Waals surface area contributed by atoms with Crippen molar-refractivity contribution in [3.05, 3.63) is 24.3 Å². The Labute approximate surface area is 177 Å². The molecular formula is C17H27LiO9S. The summed E-state index contributed by atoms with van der Waals surface area (Å²) in [6, 6.07) is 0. The maximum atomic E-state index is 12.6. The summed E-state index contributed by atoms with van der Waals surface area (Å²) in [7, 11) is -4.58. The summed E-state index contributed by atoms with van der Waals surface area (Å²) in [5.74, 6) is -3.91. The number of ether oxygens (including phenoxy) is 3. The van der Waals surface area contributed by atoms with Gasteiger partial charge in [-0.2, -0.15) is 8.42 Å². The molecule has 0 aliphatic rings. The molecule has 156 valence electrons. The van der Waals surface area contributed by atoms with Gasteiger partial charge in [-0.15, -0.1) is 0 Å². The van der Waals surface area contributed by atoms with Crippen LogP contribution in [0.25, 0.3) is 0 Å². The molecule has 0 aliphatic heterocycles. The Morgan fingerprint density at radius 1 is 0.964 bits per heavy atom. The van der Waals surface area contributed by atoms with Crippen molar-refractivity contribution in [3.8, 4) is 0 Å². The van der Waals surface area contributed by atoms with E-state index >= 15 is 0 Å². The number of esters is 3. The fourth-order valence-electron chi connectivity index (χ4n) is 1.86. The van der Waals surface area contributed by atoms with Gasteiger partial charge in [-0.05, 0) is 20.3 Å². The Balaban J connectivity index is 0. The number of carbonyl (C=O) groups excluding carboxylic acids is 3. The minimum atomic E-state index is -4.58. The zero-order chi connectivity index (χ0) is 21.3. The Kier molecular flexibility index (Phi) is 13.1. The monoisotopic (exact) mass is 414 g/mol. The Hall–Kier alpha value is -1.60. The summed E-state index contributed by atoms with van der Waals surface area (Å²) < 4.78 is 45.3. The van der Waals surface area contributed by atoms with Crippen molar-refractivity contribution in [2.45, 2.75) is 40.0 Å². The van der Waals surface area contributed by atoms with Crippen molar-refractivity contribution in [1.29, 1.82) is 0 Å². The molecule has 0 radical (unpaired) electrons. The van der Waals surface area contributed by atoms with E-state index in [1.54, 1.807) is 0 Å². The van der Waals surface area contributed by atoms with Crippen molar-refractivity contribution >= 4 is 46.9 Å². The molecule has 28 heavy (non-hydrogen) atoms. The van der Waals surface area contributed by atoms with Gasteiger partial charge in [0.1, 0.15) is 18.6 Å². The molecule has 0 spiro atoms. The summed E-state index contributed by atoms with van der Waals surface area (Å²) in [5, 5.41) is 0. The van der Waals surface area contributed by atoms with Gasteiger partial charge in [-0.1, -0.05) is 32.9 Å². The van der Waals surface area contributed by atoms with Gasteiger partial charge in [0.2, 0.25) is 5.94 Å². The third kappa shape index (κ3) is 10.7. The fourth-order valence-corrected chi connectivity index (χ4v) is 2.11. The summed E-state index contributed by atoms with van der Waals surface area (Å²) in [6.07, 6.45) is 1.20. The van der Waals surface area contributed by atoms with E-state index in [1.165, 1.54) is 13.8 Å². The van der Waals surface area contributed by atoms with Gasteiger partial charge >= 0.3 is 46.9 Å². The van der Waals surface area contributed by atoms with E-state index in [-0.39, 0.29) is 36.4 Å². The predicted molar refractivity (Wildman–Crippen MR) is 103 cm³/mol. The van der Waals surface area contributed by atoms with Gasteiger partial charge in [0.05, 0.1) is 0 Å². The first-order valence-corrected chi connectivity index (χ1v) is 9.73. The Bertz CT molecular complexity index is 667. The summed E-state index contributed by atoms with van der Waals surface area (Å²) >= 11 is 0. The van der Waals surface area contributed by atoms with Crippen molar-refractivity contribution in [1.82, 2.24) is 0 Å². The number of hydrogen-bond acceptors (Lipinski definition) is 8. The van der Waals surface area contributed by atoms with Crippen LogP contribution in [0.3, 0.4) is 0 Å². The van der Waals surface area contributed by atoms with Crippen molar-refractivity contribution < 1.29 is 41.6 Å². The number of rotatable bonds is 12. The minimum absolute atomic E-state index is 0. The molecule has 0 atom stereocenters. The van der Waals surface area contributed by atoms with E-state index in [9.17, 15) is 22.8 Å². The van der Waals surface area contributed by atoms with Gasteiger partial charge in [0.15, 0.2) is 0 Å². The third-order valence-electron chi connectivity index (χ3n) is 3.44. The standard InChI is InChI=1S/C17H26O9S.Li.H/c1-6-7-8-17(9-24-14(18)12(2)3,10-25-15(19)13(4)5)16(20)26-11-27(21,22)23;;/h2,4,6-11H2,1,3,5H3,(H,21,22,23);;. The van der Waals surface area contributed by atoms with Crippen LogP contribution in [0.4, 0.5) is 0 Å². The van der Waals surface area contributed by atoms with Crippen LogP contribution in [0.15, 0.2) is 24.3 Å². The van der Waals surface area contributed by atoms with Gasteiger partial charge in [0, 0.05) is 11.1 Å². The van der Waals surface area contributed by atoms with E-state index in [0.717, 1.165) is 0 Å². The van der Waals surface area contributed by atoms with Gasteiger partial charge in [0.25, 0.3) is 0 Å². The van der Waals surface area contributed by atoms with Crippen molar-refractivity contribution in [2.24, 2.45) is 5.41 Å². The van der Waals surface area contributed by atoms with Crippen LogP contribution in [0, 0.1) is 5.41 Å². The van der Waals surface area contributed by atoms with Crippen LogP contribution in [-0.4, -0.2) is 68.9 Å². The SMILES string of the molecule is C=C(C)C(=O)OCC(CCCC)(COC(=O)C(=C)C)C(=O)OCS(=O)(=O)O.[LiH]. The molecule has 0 bridgehead atoms. The third-order valence-corrected chi connectivity index (χ3v) is 3.85. The maximum absolute atomic E-state index is 12.6. The molecule has 9 nitrogen and oxygen atoms in total. The molecule has 0 saturated carbocycles. The first kappa shape index (κ1) is 28.6. The number of carbonyl (C=O) groups is 3. The molecule has 0 saturated heterocycles. The molecular weight excluding hydrogens is 387 g/mol. The zero-order valence-corrected chi connectivity index (χ0v) is 16.6. The van der Waals surface area contributed by atoms with E-state index in [1.807, 2.05) is 6.92 Å². The normalized spacial score (nSPS) is 11.0. The average molecular weight is 414 g/mol. The van der Waals surface area contributed by atoms with E-state index < -0.39 is 52.6 Å². The summed E-state index contributed by atoms with van der Waals surface area (Å²) in [5.41, 5.74) is -1.47. The van der Waals surface area contributed by atoms with Gasteiger partial charge in [-0.3, -0.25) is 9.35 Å². The molecule has 0 amide bonds. The summed E-state index contributed by atoms with van der Waals surface area (Å²) in [4.78, 5) is 36.0. The Morgan fingerprint density at radius 3 is 1.71 bits per heavy atom. The predicted octanol–water partition coefficient (Wildman–Crippen LogP) is 1.14. The molecule has 1 N–H and O–H groups in total. The van der Waals surface area contributed by atoms with Gasteiger partial charge in [-0.25, -0.2) is 9.59 Å². The molecule has 0 aromatic heterocycles. The molecule has 0 aromatic carbocycles. The van der Waals surface area contributed by atoms with E-state index in [0.29, 0.717) is 12.8 Å². The van der Waals surface area contributed by atoms with Crippen molar-refractivity contribution in [3.63, 3.8) is 0 Å². The fraction of sp³-hybridized carbons (Fsp3) is 0.588. The van der Waals surface area contributed by atoms with E-state index in [4.69, 9.17) is 14.0 Å². The molecule has 0 fully saturated rings. The molecule has 0 aromatic rings. The first-order valence-electron chi connectivity index (χ1n) is 8.12. The topological polar surface area (TPSA) is 133 Å². The van der Waals surface area contributed by atoms with E-state index in [2.05, 4.69) is 17.9 Å². The van der Waals surface area contributed by atoms with Crippen LogP contribution >= 0.6 is 0 Å². The average Bonchev–Trinajstić information content (AvgIpc) is 2.57.